The Morgan fingerprint density at radius 3 is 2.68 bits per heavy atom. The number of carbonyl (C=O) groups is 1. The van der Waals surface area contributed by atoms with Crippen molar-refractivity contribution in [2.24, 2.45) is 0 Å². The van der Waals surface area contributed by atoms with Gasteiger partial charge in [-0.15, -0.1) is 11.3 Å². The minimum atomic E-state index is -0.249. The number of pyridine rings is 1. The van der Waals surface area contributed by atoms with Crippen LogP contribution in [0.5, 0.6) is 5.75 Å². The maximum atomic E-state index is 12.9. The molecule has 2 aromatic carbocycles. The smallest absolute Gasteiger partial charge is 0.239 e. The van der Waals surface area contributed by atoms with Crippen molar-refractivity contribution in [2.75, 3.05) is 12.4 Å². The van der Waals surface area contributed by atoms with Gasteiger partial charge in [0, 0.05) is 16.3 Å². The van der Waals surface area contributed by atoms with Crippen LogP contribution in [-0.2, 0) is 4.79 Å². The second-order valence-electron chi connectivity index (χ2n) is 7.06. The Morgan fingerprint density at radius 1 is 1.16 bits per heavy atom. The number of thiazole rings is 1. The van der Waals surface area contributed by atoms with Crippen LogP contribution in [0.1, 0.15) is 18.9 Å². The van der Waals surface area contributed by atoms with Crippen molar-refractivity contribution in [1.82, 2.24) is 9.97 Å². The van der Waals surface area contributed by atoms with Gasteiger partial charge in [0.25, 0.3) is 0 Å². The van der Waals surface area contributed by atoms with E-state index in [1.165, 1.54) is 23.1 Å². The van der Waals surface area contributed by atoms with Crippen molar-refractivity contribution in [3.63, 3.8) is 0 Å². The van der Waals surface area contributed by atoms with Crippen molar-refractivity contribution in [3.8, 4) is 17.0 Å². The van der Waals surface area contributed by atoms with Crippen LogP contribution in [0.25, 0.3) is 22.2 Å². The first-order valence-electron chi connectivity index (χ1n) is 10.0. The summed E-state index contributed by atoms with van der Waals surface area (Å²) in [5.41, 5.74) is 3.92. The Hall–Kier alpha value is -2.90. The van der Waals surface area contributed by atoms with Gasteiger partial charge in [-0.1, -0.05) is 36.9 Å². The number of ether oxygens (including phenoxy) is 1. The van der Waals surface area contributed by atoms with Crippen LogP contribution >= 0.6 is 23.1 Å². The number of aromatic nitrogens is 2. The van der Waals surface area contributed by atoms with Crippen LogP contribution in [0.3, 0.4) is 0 Å². The van der Waals surface area contributed by atoms with Crippen LogP contribution in [0.2, 0.25) is 0 Å². The van der Waals surface area contributed by atoms with E-state index in [2.05, 4.69) is 23.3 Å². The van der Waals surface area contributed by atoms with Crippen molar-refractivity contribution < 1.29 is 9.53 Å². The molecule has 0 spiro atoms. The number of carbonyl (C=O) groups excluding carboxylic acids is 1. The summed E-state index contributed by atoms with van der Waals surface area (Å²) in [4.78, 5) is 22.2. The highest BCUT2D eigenvalue weighted by molar-refractivity contribution is 8.00. The number of nitrogens with one attached hydrogen (secondary N) is 1. The molecule has 4 aromatic rings. The van der Waals surface area contributed by atoms with Gasteiger partial charge in [-0.3, -0.25) is 4.79 Å². The van der Waals surface area contributed by atoms with Crippen LogP contribution in [0, 0.1) is 6.92 Å². The fraction of sp³-hybridized carbons (Fsp3) is 0.208. The van der Waals surface area contributed by atoms with E-state index in [0.717, 1.165) is 38.5 Å². The summed E-state index contributed by atoms with van der Waals surface area (Å²) < 4.78 is 5.20. The zero-order valence-electron chi connectivity index (χ0n) is 17.6. The normalized spacial score (nSPS) is 12.0. The fourth-order valence-electron chi connectivity index (χ4n) is 3.26. The first-order valence-corrected chi connectivity index (χ1v) is 11.8. The first kappa shape index (κ1) is 21.3. The number of para-hydroxylation sites is 1. The monoisotopic (exact) mass is 449 g/mol. The minimum absolute atomic E-state index is 0.0595. The zero-order chi connectivity index (χ0) is 21.8. The Balaban J connectivity index is 1.46. The summed E-state index contributed by atoms with van der Waals surface area (Å²) in [5.74, 6) is 0.739. The van der Waals surface area contributed by atoms with E-state index >= 15 is 0 Å². The molecule has 0 saturated carbocycles. The van der Waals surface area contributed by atoms with E-state index in [4.69, 9.17) is 9.72 Å². The molecule has 158 valence electrons. The van der Waals surface area contributed by atoms with Gasteiger partial charge in [0.15, 0.2) is 5.13 Å². The molecule has 0 aliphatic rings. The van der Waals surface area contributed by atoms with Crippen LogP contribution in [0.4, 0.5) is 5.13 Å². The van der Waals surface area contributed by atoms with E-state index in [1.54, 1.807) is 7.11 Å². The predicted molar refractivity (Wildman–Crippen MR) is 129 cm³/mol. The number of nitrogens with zero attached hydrogens (tertiary/aromatic N) is 2. The summed E-state index contributed by atoms with van der Waals surface area (Å²) in [6, 6.07) is 17.8. The molecule has 0 aliphatic carbocycles. The maximum absolute atomic E-state index is 12.9. The summed E-state index contributed by atoms with van der Waals surface area (Å²) in [6.45, 7) is 4.08. The number of anilines is 1. The van der Waals surface area contributed by atoms with Crippen molar-refractivity contribution in [1.29, 1.82) is 0 Å². The van der Waals surface area contributed by atoms with Crippen LogP contribution in [0.15, 0.2) is 65.0 Å². The van der Waals surface area contributed by atoms with Gasteiger partial charge in [-0.05, 0) is 55.3 Å². The molecule has 4 rings (SSSR count). The van der Waals surface area contributed by atoms with Crippen molar-refractivity contribution >= 4 is 45.0 Å². The lowest BCUT2D eigenvalue weighted by atomic mass is 10.1. The number of benzene rings is 2. The Morgan fingerprint density at radius 2 is 1.94 bits per heavy atom. The molecule has 7 heteroatoms. The lowest BCUT2D eigenvalue weighted by Gasteiger charge is -2.14. The highest BCUT2D eigenvalue weighted by atomic mass is 32.2. The number of thioether (sulfide) groups is 1. The van der Waals surface area contributed by atoms with E-state index in [0.29, 0.717) is 11.6 Å². The number of rotatable bonds is 7. The standard InChI is InChI=1S/C24H23N3O2S2/c1-4-21(31-22-13-15(2)18-7-5-6-8-19(18)25-22)23(28)27-24-26-20(14-30-24)16-9-11-17(29-3)12-10-16/h5-14,21H,4H2,1-3H3,(H,26,27,28). The number of methoxy groups -OCH3 is 1. The van der Waals surface area contributed by atoms with Crippen LogP contribution < -0.4 is 10.1 Å². The largest absolute Gasteiger partial charge is 0.497 e. The second-order valence-corrected chi connectivity index (χ2v) is 9.15. The van der Waals surface area contributed by atoms with Gasteiger partial charge in [-0.2, -0.15) is 0 Å². The van der Waals surface area contributed by atoms with Gasteiger partial charge in [-0.25, -0.2) is 9.97 Å². The number of aryl methyl sites for hydroxylation is 1. The molecule has 2 aromatic heterocycles. The molecule has 0 saturated heterocycles. The fourth-order valence-corrected chi connectivity index (χ4v) is 5.00. The van der Waals surface area contributed by atoms with E-state index in [-0.39, 0.29) is 11.2 Å². The SMILES string of the molecule is CCC(Sc1cc(C)c2ccccc2n1)C(=O)Nc1nc(-c2ccc(OC)cc2)cs1. The zero-order valence-corrected chi connectivity index (χ0v) is 19.2. The molecule has 0 fully saturated rings. The van der Waals surface area contributed by atoms with Gasteiger partial charge < -0.3 is 10.1 Å². The molecule has 0 aliphatic heterocycles. The molecule has 1 atom stereocenters. The van der Waals surface area contributed by atoms with E-state index in [1.807, 2.05) is 60.8 Å². The molecule has 1 unspecified atom stereocenters. The lowest BCUT2D eigenvalue weighted by Crippen LogP contribution is -2.24. The quantitative estimate of drug-likeness (QED) is 0.341. The first-order chi connectivity index (χ1) is 15.1. The third-order valence-electron chi connectivity index (χ3n) is 4.95. The number of fused-ring (bicyclic) bond motifs is 1. The molecule has 1 N–H and O–H groups in total. The van der Waals surface area contributed by atoms with Crippen molar-refractivity contribution in [3.05, 3.63) is 65.5 Å². The topological polar surface area (TPSA) is 64.1 Å². The average Bonchev–Trinajstić information content (AvgIpc) is 3.26. The highest BCUT2D eigenvalue weighted by Crippen LogP contribution is 2.30. The van der Waals surface area contributed by atoms with E-state index in [9.17, 15) is 4.79 Å². The van der Waals surface area contributed by atoms with Crippen molar-refractivity contribution in [2.45, 2.75) is 30.5 Å². The van der Waals surface area contributed by atoms with E-state index < -0.39 is 0 Å². The van der Waals surface area contributed by atoms with Gasteiger partial charge in [0.05, 0.1) is 28.6 Å². The summed E-state index contributed by atoms with van der Waals surface area (Å²) >= 11 is 2.91. The average molecular weight is 450 g/mol. The third-order valence-corrected chi connectivity index (χ3v) is 6.99. The third kappa shape index (κ3) is 4.89. The molecular weight excluding hydrogens is 426 g/mol. The number of amides is 1. The molecule has 5 nitrogen and oxygen atoms in total. The number of hydrogen-bond acceptors (Lipinski definition) is 6. The predicted octanol–water partition coefficient (Wildman–Crippen LogP) is 6.18. The second kappa shape index (κ2) is 9.49. The van der Waals surface area contributed by atoms with Crippen LogP contribution in [-0.4, -0.2) is 28.2 Å². The molecule has 0 bridgehead atoms. The van der Waals surface area contributed by atoms with Gasteiger partial charge in [0.1, 0.15) is 5.75 Å². The molecular formula is C24H23N3O2S2. The Labute approximate surface area is 189 Å². The maximum Gasteiger partial charge on any atom is 0.239 e. The Kier molecular flexibility index (Phi) is 6.53. The minimum Gasteiger partial charge on any atom is -0.497 e. The Bertz CT molecular complexity index is 1210. The molecule has 31 heavy (non-hydrogen) atoms. The lowest BCUT2D eigenvalue weighted by molar-refractivity contribution is -0.115. The molecule has 0 radical (unpaired) electrons. The highest BCUT2D eigenvalue weighted by Gasteiger charge is 2.20. The summed E-state index contributed by atoms with van der Waals surface area (Å²) in [6.07, 6.45) is 0.695. The summed E-state index contributed by atoms with van der Waals surface area (Å²) in [5, 5.41) is 7.26. The molecule has 2 heterocycles. The summed E-state index contributed by atoms with van der Waals surface area (Å²) in [7, 11) is 1.64. The van der Waals surface area contributed by atoms with Gasteiger partial charge in [0.2, 0.25) is 5.91 Å². The molecule has 1 amide bonds. The number of hydrogen-bond donors (Lipinski definition) is 1. The van der Waals surface area contributed by atoms with Gasteiger partial charge >= 0.3 is 0 Å².